The average Bonchev–Trinajstić information content (AvgIpc) is 3.33. The van der Waals surface area contributed by atoms with Crippen LogP contribution in [-0.2, 0) is 94.7 Å². The average molecular weight is 1010 g/mol. The minimum absolute atomic E-state index is 0. The summed E-state index contributed by atoms with van der Waals surface area (Å²) in [6, 6.07) is 0. The maximum absolute atomic E-state index is 6.16. The fourth-order valence-electron chi connectivity index (χ4n) is 7.77. The first-order valence-corrected chi connectivity index (χ1v) is 23.7. The maximum Gasteiger partial charge on any atom is 1.00 e. The second-order valence-corrected chi connectivity index (χ2v) is 15.6. The van der Waals surface area contributed by atoms with Crippen molar-refractivity contribution in [2.75, 3.05) is 211 Å². The fraction of sp³-hybridized carbons (Fsp3) is 1.00. The molecule has 0 aromatic rings. The number of fused-ring (bicyclic) bond motifs is 4. The van der Waals surface area contributed by atoms with Crippen LogP contribution in [0.15, 0.2) is 0 Å². The molecule has 2 aliphatic carbocycles. The predicted molar refractivity (Wildman–Crippen MR) is 226 cm³/mol. The molecule has 4 saturated heterocycles. The Kier molecular flexibility index (Phi) is 41.7. The number of ether oxygens (including phenoxy) is 20. The fourth-order valence-corrected chi connectivity index (χ4v) is 7.77. The molecular weight excluding hydrogens is 927 g/mol. The van der Waals surface area contributed by atoms with Crippen LogP contribution in [0.1, 0.15) is 25.7 Å². The van der Waals surface area contributed by atoms with E-state index >= 15 is 0 Å². The van der Waals surface area contributed by atoms with Crippen molar-refractivity contribution in [1.29, 1.82) is 0 Å². The molecule has 8 atom stereocenters. The monoisotopic (exact) mass is 1010 g/mol. The molecule has 6 rings (SSSR count). The molecule has 8 unspecified atom stereocenters. The van der Waals surface area contributed by atoms with E-state index in [1.165, 1.54) is 0 Å². The summed E-state index contributed by atoms with van der Waals surface area (Å²) in [7, 11) is 0. The van der Waals surface area contributed by atoms with Crippen LogP contribution in [-0.4, -0.2) is 260 Å². The van der Waals surface area contributed by atoms with Gasteiger partial charge in [0.25, 0.3) is 0 Å². The van der Waals surface area contributed by atoms with Gasteiger partial charge in [0, 0.05) is 25.7 Å². The van der Waals surface area contributed by atoms with E-state index < -0.39 is 0 Å². The third-order valence-electron chi connectivity index (χ3n) is 11.0. The number of hydrogen-bond acceptors (Lipinski definition) is 20. The molecule has 0 N–H and O–H groups in total. The van der Waals surface area contributed by atoms with Crippen LogP contribution in [0.5, 0.6) is 0 Å². The molecule has 66 heavy (non-hydrogen) atoms. The van der Waals surface area contributed by atoms with Crippen molar-refractivity contribution < 1.29 is 198 Å². The van der Waals surface area contributed by atoms with E-state index in [1.54, 1.807) is 0 Å². The minimum Gasteiger partial charge on any atom is -0.377 e. The molecule has 0 radical (unpaired) electrons. The van der Waals surface area contributed by atoms with Gasteiger partial charge in [-0.1, -0.05) is 0 Å². The first-order chi connectivity index (χ1) is 31.9. The number of hydrogen-bond donors (Lipinski definition) is 0. The van der Waals surface area contributed by atoms with Crippen LogP contribution in [0.3, 0.4) is 0 Å². The first kappa shape index (κ1) is 62.8. The van der Waals surface area contributed by atoms with Crippen molar-refractivity contribution in [1.82, 2.24) is 0 Å². The van der Waals surface area contributed by atoms with Crippen molar-refractivity contribution in [3.8, 4) is 0 Å². The molecule has 2 saturated carbocycles. The molecule has 4 aliphatic heterocycles. The van der Waals surface area contributed by atoms with E-state index in [2.05, 4.69) is 0 Å². The van der Waals surface area contributed by atoms with Crippen molar-refractivity contribution in [2.24, 2.45) is 0 Å². The maximum atomic E-state index is 6.16. The summed E-state index contributed by atoms with van der Waals surface area (Å²) in [5.74, 6) is 0. The van der Waals surface area contributed by atoms with Gasteiger partial charge in [-0.15, -0.1) is 0 Å². The Hall–Kier alpha value is 2.47. The molecule has 0 aromatic heterocycles. The predicted octanol–water partition coefficient (Wildman–Crippen LogP) is -5.10. The Morgan fingerprint density at radius 2 is 0.227 bits per heavy atom. The zero-order chi connectivity index (χ0) is 44.2. The van der Waals surface area contributed by atoms with Gasteiger partial charge in [-0.05, 0) is 0 Å². The summed E-state index contributed by atoms with van der Waals surface area (Å²) in [5.41, 5.74) is 0. The van der Waals surface area contributed by atoms with E-state index in [4.69, 9.17) is 94.7 Å². The summed E-state index contributed by atoms with van der Waals surface area (Å²) in [5, 5.41) is 0. The zero-order valence-electron chi connectivity index (χ0n) is 40.2. The largest absolute Gasteiger partial charge is 1.00 e. The Balaban J connectivity index is 0.000000340. The Morgan fingerprint density at radius 3 is 0.333 bits per heavy atom. The molecule has 20 nitrogen and oxygen atoms in total. The standard InChI is InChI=1S/2C22H40O10.2K/c2*1-5-25-9-13-29-19-17-21-22(18-20(19)30-14-10-26-6-2-23-1)32-16-12-28-8-4-24-3-7-27-11-15-31-21;;/h2*19-22H,1-18H2;;/q;;2*+1. The van der Waals surface area contributed by atoms with E-state index in [0.29, 0.717) is 237 Å². The van der Waals surface area contributed by atoms with Gasteiger partial charge in [0.15, 0.2) is 0 Å². The molecule has 22 heteroatoms. The van der Waals surface area contributed by atoms with Crippen molar-refractivity contribution in [3.63, 3.8) is 0 Å². The molecule has 0 aromatic carbocycles. The second kappa shape index (κ2) is 43.8. The Bertz CT molecular complexity index is 850. The zero-order valence-corrected chi connectivity index (χ0v) is 46.5. The van der Waals surface area contributed by atoms with E-state index in [9.17, 15) is 0 Å². The summed E-state index contributed by atoms with van der Waals surface area (Å²) in [4.78, 5) is 0. The molecule has 376 valence electrons. The van der Waals surface area contributed by atoms with E-state index in [1.807, 2.05) is 0 Å². The summed E-state index contributed by atoms with van der Waals surface area (Å²) in [6.45, 7) is 16.9. The molecule has 0 bridgehead atoms. The van der Waals surface area contributed by atoms with Gasteiger partial charge < -0.3 is 94.7 Å². The van der Waals surface area contributed by atoms with E-state index in [0.717, 1.165) is 0 Å². The third kappa shape index (κ3) is 29.4. The van der Waals surface area contributed by atoms with Crippen LogP contribution < -0.4 is 103 Å². The number of rotatable bonds is 0. The smallest absolute Gasteiger partial charge is 0.377 e. The summed E-state index contributed by atoms with van der Waals surface area (Å²) < 4.78 is 116. The minimum atomic E-state index is -0.0996. The van der Waals surface area contributed by atoms with Crippen molar-refractivity contribution in [2.45, 2.75) is 74.5 Å². The van der Waals surface area contributed by atoms with Gasteiger partial charge in [0.1, 0.15) is 0 Å². The topological polar surface area (TPSA) is 185 Å². The molecular formula is C44H80K2O20+2. The van der Waals surface area contributed by atoms with Crippen molar-refractivity contribution >= 4 is 0 Å². The normalized spacial score (nSPS) is 33.5. The van der Waals surface area contributed by atoms with Crippen LogP contribution >= 0.6 is 0 Å². The van der Waals surface area contributed by atoms with Crippen molar-refractivity contribution in [3.05, 3.63) is 0 Å². The summed E-state index contributed by atoms with van der Waals surface area (Å²) >= 11 is 0. The molecule has 0 spiro atoms. The molecule has 4 heterocycles. The van der Waals surface area contributed by atoms with Crippen LogP contribution in [0.25, 0.3) is 0 Å². The van der Waals surface area contributed by atoms with Gasteiger partial charge in [0.05, 0.1) is 260 Å². The van der Waals surface area contributed by atoms with Gasteiger partial charge in [-0.2, -0.15) is 0 Å². The van der Waals surface area contributed by atoms with Gasteiger partial charge in [0.2, 0.25) is 0 Å². The molecule has 6 aliphatic rings. The third-order valence-corrected chi connectivity index (χ3v) is 11.0. The van der Waals surface area contributed by atoms with Gasteiger partial charge >= 0.3 is 103 Å². The quantitative estimate of drug-likeness (QED) is 0.210. The second-order valence-electron chi connectivity index (χ2n) is 15.6. The summed E-state index contributed by atoms with van der Waals surface area (Å²) in [6.07, 6.45) is 1.94. The first-order valence-electron chi connectivity index (χ1n) is 23.7. The van der Waals surface area contributed by atoms with Gasteiger partial charge in [-0.3, -0.25) is 0 Å². The van der Waals surface area contributed by atoms with E-state index in [-0.39, 0.29) is 152 Å². The van der Waals surface area contributed by atoms with Crippen LogP contribution in [0.4, 0.5) is 0 Å². The molecule has 0 amide bonds. The Labute approximate surface area is 478 Å². The van der Waals surface area contributed by atoms with Crippen LogP contribution in [0, 0.1) is 0 Å². The van der Waals surface area contributed by atoms with Crippen LogP contribution in [0.2, 0.25) is 0 Å². The SMILES string of the molecule is C1COCCOC2CC3OCCOCCOCCOCCOC3CC2OCCOCCO1.C1COCCOC2CC3OCCOCCOCCOCCOC3CC2OCCOCCO1.[K+].[K+]. The van der Waals surface area contributed by atoms with Gasteiger partial charge in [-0.25, -0.2) is 0 Å². The molecule has 6 fully saturated rings. The Morgan fingerprint density at radius 1 is 0.136 bits per heavy atom.